The van der Waals surface area contributed by atoms with E-state index < -0.39 is 5.97 Å². The fraction of sp³-hybridized carbons (Fsp3) is 0.200. The average molecular weight is 225 g/mol. The summed E-state index contributed by atoms with van der Waals surface area (Å²) in [5.41, 5.74) is 0.825. The minimum Gasteiger partial charge on any atom is -0.476 e. The SMILES string of the molecule is CCn1nc(C(=O)O)c2ccc(Cl)cc21. The first-order chi connectivity index (χ1) is 7.13. The van der Waals surface area contributed by atoms with Gasteiger partial charge in [-0.3, -0.25) is 4.68 Å². The van der Waals surface area contributed by atoms with Crippen LogP contribution in [0.15, 0.2) is 18.2 Å². The van der Waals surface area contributed by atoms with Crippen molar-refractivity contribution in [2.24, 2.45) is 0 Å². The van der Waals surface area contributed by atoms with E-state index in [0.29, 0.717) is 17.0 Å². The maximum atomic E-state index is 10.9. The van der Waals surface area contributed by atoms with Gasteiger partial charge in [-0.15, -0.1) is 0 Å². The summed E-state index contributed by atoms with van der Waals surface area (Å²) in [5.74, 6) is -1.02. The molecule has 0 bridgehead atoms. The first-order valence-corrected chi connectivity index (χ1v) is 4.90. The standard InChI is InChI=1S/C10H9ClN2O2/c1-2-13-8-5-6(11)3-4-7(8)9(12-13)10(14)15/h3-5H,2H2,1H3,(H,14,15). The van der Waals surface area contributed by atoms with Crippen LogP contribution < -0.4 is 0 Å². The van der Waals surface area contributed by atoms with Crippen molar-refractivity contribution in [3.05, 3.63) is 28.9 Å². The molecule has 2 aromatic rings. The number of carbonyl (C=O) groups is 1. The van der Waals surface area contributed by atoms with Gasteiger partial charge in [0.05, 0.1) is 5.52 Å². The molecule has 1 aromatic heterocycles. The summed E-state index contributed by atoms with van der Waals surface area (Å²) in [6.07, 6.45) is 0. The van der Waals surface area contributed by atoms with Crippen LogP contribution in [0, 0.1) is 0 Å². The molecule has 78 valence electrons. The van der Waals surface area contributed by atoms with Crippen LogP contribution in [0.4, 0.5) is 0 Å². The Hall–Kier alpha value is -1.55. The van der Waals surface area contributed by atoms with Crippen molar-refractivity contribution in [2.45, 2.75) is 13.5 Å². The predicted molar refractivity (Wildman–Crippen MR) is 57.4 cm³/mol. The van der Waals surface area contributed by atoms with Crippen LogP contribution in [0.25, 0.3) is 10.9 Å². The zero-order valence-electron chi connectivity index (χ0n) is 8.07. The average Bonchev–Trinajstić information content (AvgIpc) is 2.55. The number of fused-ring (bicyclic) bond motifs is 1. The fourth-order valence-corrected chi connectivity index (χ4v) is 1.71. The van der Waals surface area contributed by atoms with Gasteiger partial charge in [0, 0.05) is 17.0 Å². The summed E-state index contributed by atoms with van der Waals surface area (Å²) in [6.45, 7) is 2.52. The molecule has 2 rings (SSSR count). The number of aromatic carboxylic acids is 1. The number of hydrogen-bond acceptors (Lipinski definition) is 2. The van der Waals surface area contributed by atoms with Crippen LogP contribution in [0.5, 0.6) is 0 Å². The molecule has 0 radical (unpaired) electrons. The normalized spacial score (nSPS) is 10.8. The van der Waals surface area contributed by atoms with E-state index >= 15 is 0 Å². The van der Waals surface area contributed by atoms with E-state index in [1.807, 2.05) is 6.92 Å². The third-order valence-electron chi connectivity index (χ3n) is 2.22. The molecular weight excluding hydrogens is 216 g/mol. The van der Waals surface area contributed by atoms with Crippen LogP contribution >= 0.6 is 11.6 Å². The van der Waals surface area contributed by atoms with Crippen LogP contribution in [-0.2, 0) is 6.54 Å². The van der Waals surface area contributed by atoms with Gasteiger partial charge in [0.15, 0.2) is 5.69 Å². The first-order valence-electron chi connectivity index (χ1n) is 4.53. The van der Waals surface area contributed by atoms with Crippen molar-refractivity contribution in [2.75, 3.05) is 0 Å². The Labute approximate surface area is 91.1 Å². The van der Waals surface area contributed by atoms with Gasteiger partial charge in [-0.2, -0.15) is 5.10 Å². The Morgan fingerprint density at radius 1 is 1.60 bits per heavy atom. The number of hydrogen-bond donors (Lipinski definition) is 1. The predicted octanol–water partition coefficient (Wildman–Crippen LogP) is 2.41. The molecule has 1 N–H and O–H groups in total. The van der Waals surface area contributed by atoms with Gasteiger partial charge in [0.1, 0.15) is 0 Å². The van der Waals surface area contributed by atoms with Crippen LogP contribution in [0.3, 0.4) is 0 Å². The van der Waals surface area contributed by atoms with Crippen LogP contribution in [0.2, 0.25) is 5.02 Å². The molecule has 0 aliphatic heterocycles. The molecule has 1 heterocycles. The van der Waals surface area contributed by atoms with Crippen molar-refractivity contribution >= 4 is 28.5 Å². The summed E-state index contributed by atoms with van der Waals surface area (Å²) in [5, 5.41) is 14.2. The summed E-state index contributed by atoms with van der Waals surface area (Å²) in [6, 6.07) is 5.07. The molecule has 1 aromatic carbocycles. The maximum Gasteiger partial charge on any atom is 0.357 e. The number of aryl methyl sites for hydroxylation is 1. The highest BCUT2D eigenvalue weighted by atomic mass is 35.5. The van der Waals surface area contributed by atoms with E-state index in [0.717, 1.165) is 5.52 Å². The molecule has 0 fully saturated rings. The van der Waals surface area contributed by atoms with Gasteiger partial charge < -0.3 is 5.11 Å². The number of benzene rings is 1. The quantitative estimate of drug-likeness (QED) is 0.852. The minimum atomic E-state index is -1.02. The summed E-state index contributed by atoms with van der Waals surface area (Å²) >= 11 is 5.85. The molecule has 5 heteroatoms. The highest BCUT2D eigenvalue weighted by Crippen LogP contribution is 2.22. The molecule has 0 saturated carbocycles. The third-order valence-corrected chi connectivity index (χ3v) is 2.45. The minimum absolute atomic E-state index is 0.0727. The van der Waals surface area contributed by atoms with Crippen LogP contribution in [0.1, 0.15) is 17.4 Å². The first kappa shape index (κ1) is 9.98. The summed E-state index contributed by atoms with van der Waals surface area (Å²) < 4.78 is 1.63. The van der Waals surface area contributed by atoms with Crippen molar-refractivity contribution < 1.29 is 9.90 Å². The molecule has 0 saturated heterocycles. The van der Waals surface area contributed by atoms with E-state index in [1.54, 1.807) is 22.9 Å². The number of carboxylic acids is 1. The van der Waals surface area contributed by atoms with E-state index in [1.165, 1.54) is 0 Å². The number of halogens is 1. The summed E-state index contributed by atoms with van der Waals surface area (Å²) in [7, 11) is 0. The van der Waals surface area contributed by atoms with E-state index in [2.05, 4.69) is 5.10 Å². The lowest BCUT2D eigenvalue weighted by molar-refractivity contribution is 0.0691. The molecular formula is C10H9ClN2O2. The van der Waals surface area contributed by atoms with Gasteiger partial charge in [0.25, 0.3) is 0 Å². The maximum absolute atomic E-state index is 10.9. The molecule has 4 nitrogen and oxygen atoms in total. The molecule has 0 aliphatic carbocycles. The van der Waals surface area contributed by atoms with Crippen molar-refractivity contribution in [3.63, 3.8) is 0 Å². The number of aromatic nitrogens is 2. The molecule has 0 aliphatic rings. The van der Waals surface area contributed by atoms with Gasteiger partial charge in [-0.25, -0.2) is 4.79 Å². The molecule has 0 unspecified atom stereocenters. The zero-order chi connectivity index (χ0) is 11.0. The molecule has 0 amide bonds. The smallest absolute Gasteiger partial charge is 0.357 e. The van der Waals surface area contributed by atoms with Gasteiger partial charge >= 0.3 is 5.97 Å². The van der Waals surface area contributed by atoms with Gasteiger partial charge in [-0.1, -0.05) is 11.6 Å². The second-order valence-corrected chi connectivity index (χ2v) is 3.57. The Bertz CT molecular complexity index is 533. The zero-order valence-corrected chi connectivity index (χ0v) is 8.82. The highest BCUT2D eigenvalue weighted by molar-refractivity contribution is 6.31. The monoisotopic (exact) mass is 224 g/mol. The fourth-order valence-electron chi connectivity index (χ4n) is 1.55. The second-order valence-electron chi connectivity index (χ2n) is 3.13. The van der Waals surface area contributed by atoms with Gasteiger partial charge in [0.2, 0.25) is 0 Å². The van der Waals surface area contributed by atoms with Crippen molar-refractivity contribution in [1.82, 2.24) is 9.78 Å². The highest BCUT2D eigenvalue weighted by Gasteiger charge is 2.15. The molecule has 15 heavy (non-hydrogen) atoms. The van der Waals surface area contributed by atoms with Gasteiger partial charge in [-0.05, 0) is 25.1 Å². The van der Waals surface area contributed by atoms with Crippen LogP contribution in [-0.4, -0.2) is 20.9 Å². The lowest BCUT2D eigenvalue weighted by Gasteiger charge is -1.97. The second kappa shape index (κ2) is 3.55. The van der Waals surface area contributed by atoms with Crippen molar-refractivity contribution in [3.8, 4) is 0 Å². The molecule has 0 atom stereocenters. The number of rotatable bonds is 2. The number of nitrogens with zero attached hydrogens (tertiary/aromatic N) is 2. The lowest BCUT2D eigenvalue weighted by Crippen LogP contribution is -2.01. The van der Waals surface area contributed by atoms with E-state index in [9.17, 15) is 4.79 Å². The third kappa shape index (κ3) is 1.57. The van der Waals surface area contributed by atoms with E-state index in [-0.39, 0.29) is 5.69 Å². The topological polar surface area (TPSA) is 55.1 Å². The summed E-state index contributed by atoms with van der Waals surface area (Å²) in [4.78, 5) is 10.9. The Morgan fingerprint density at radius 3 is 2.93 bits per heavy atom. The Morgan fingerprint density at radius 2 is 2.33 bits per heavy atom. The van der Waals surface area contributed by atoms with E-state index in [4.69, 9.17) is 16.7 Å². The van der Waals surface area contributed by atoms with Crippen molar-refractivity contribution in [1.29, 1.82) is 0 Å². The molecule has 0 spiro atoms. The largest absolute Gasteiger partial charge is 0.476 e. The number of carboxylic acid groups (broad SMARTS) is 1. The lowest BCUT2D eigenvalue weighted by atomic mass is 10.2. The Balaban J connectivity index is 2.81. The Kier molecular flexibility index (Phi) is 2.36.